The van der Waals surface area contributed by atoms with E-state index >= 15 is 0 Å². The maximum atomic E-state index is 10.5. The van der Waals surface area contributed by atoms with Gasteiger partial charge in [0.15, 0.2) is 0 Å². The zero-order valence-corrected chi connectivity index (χ0v) is 9.91. The van der Waals surface area contributed by atoms with E-state index in [-0.39, 0.29) is 0 Å². The molecule has 0 aromatic heterocycles. The molecule has 0 saturated carbocycles. The first kappa shape index (κ1) is 11.6. The standard InChI is InChI=1S/C13H15ClO2/c1-9-6-7-13(16,8-12(9)15)10-2-4-11(14)5-3-10/h2-6,12,15-16H,7-8H2,1H3. The van der Waals surface area contributed by atoms with Crippen LogP contribution in [0.15, 0.2) is 35.9 Å². The molecule has 1 aliphatic carbocycles. The van der Waals surface area contributed by atoms with Gasteiger partial charge < -0.3 is 10.2 Å². The van der Waals surface area contributed by atoms with Crippen molar-refractivity contribution in [2.24, 2.45) is 0 Å². The Bertz CT molecular complexity index is 410. The van der Waals surface area contributed by atoms with Crippen LogP contribution in [0, 0.1) is 0 Å². The minimum atomic E-state index is -0.969. The van der Waals surface area contributed by atoms with Gasteiger partial charge in [-0.1, -0.05) is 29.8 Å². The Hall–Kier alpha value is -0.830. The molecule has 0 heterocycles. The number of aliphatic hydroxyl groups excluding tert-OH is 1. The van der Waals surface area contributed by atoms with Gasteiger partial charge in [-0.3, -0.25) is 0 Å². The molecule has 0 radical (unpaired) electrons. The predicted molar refractivity (Wildman–Crippen MR) is 64.3 cm³/mol. The van der Waals surface area contributed by atoms with E-state index in [9.17, 15) is 10.2 Å². The van der Waals surface area contributed by atoms with Crippen LogP contribution in [0.4, 0.5) is 0 Å². The lowest BCUT2D eigenvalue weighted by molar-refractivity contribution is -0.0120. The monoisotopic (exact) mass is 238 g/mol. The number of rotatable bonds is 1. The minimum Gasteiger partial charge on any atom is -0.389 e. The van der Waals surface area contributed by atoms with E-state index in [1.165, 1.54) is 0 Å². The SMILES string of the molecule is CC1=CCC(O)(c2ccc(Cl)cc2)CC1O. The van der Waals surface area contributed by atoms with Gasteiger partial charge >= 0.3 is 0 Å². The molecular formula is C13H15ClO2. The molecule has 0 amide bonds. The van der Waals surface area contributed by atoms with E-state index in [1.54, 1.807) is 12.1 Å². The molecule has 2 N–H and O–H groups in total. The number of halogens is 1. The van der Waals surface area contributed by atoms with Gasteiger partial charge in [0.05, 0.1) is 11.7 Å². The number of hydrogen-bond acceptors (Lipinski definition) is 2. The molecule has 2 atom stereocenters. The van der Waals surface area contributed by atoms with Crippen LogP contribution in [-0.2, 0) is 5.60 Å². The van der Waals surface area contributed by atoms with Gasteiger partial charge in [0.1, 0.15) is 0 Å². The molecule has 2 rings (SSSR count). The fourth-order valence-corrected chi connectivity index (χ4v) is 2.15. The highest BCUT2D eigenvalue weighted by Crippen LogP contribution is 2.36. The molecule has 1 aliphatic rings. The van der Waals surface area contributed by atoms with Crippen molar-refractivity contribution >= 4 is 11.6 Å². The fourth-order valence-electron chi connectivity index (χ4n) is 2.03. The molecule has 1 aromatic rings. The topological polar surface area (TPSA) is 40.5 Å². The van der Waals surface area contributed by atoms with E-state index in [0.717, 1.165) is 11.1 Å². The molecule has 2 unspecified atom stereocenters. The Morgan fingerprint density at radius 1 is 1.31 bits per heavy atom. The second-order valence-corrected chi connectivity index (χ2v) is 4.85. The third-order valence-electron chi connectivity index (χ3n) is 3.20. The van der Waals surface area contributed by atoms with Crippen LogP contribution in [0.5, 0.6) is 0 Å². The first-order chi connectivity index (χ1) is 7.51. The zero-order valence-electron chi connectivity index (χ0n) is 9.15. The molecule has 86 valence electrons. The molecule has 1 aromatic carbocycles. The van der Waals surface area contributed by atoms with Crippen LogP contribution in [0.2, 0.25) is 5.02 Å². The van der Waals surface area contributed by atoms with Crippen LogP contribution in [0.3, 0.4) is 0 Å². The Kier molecular flexibility index (Phi) is 3.06. The summed E-state index contributed by atoms with van der Waals surface area (Å²) in [5.41, 5.74) is 0.766. The molecule has 0 fully saturated rings. The van der Waals surface area contributed by atoms with E-state index in [4.69, 9.17) is 11.6 Å². The predicted octanol–water partition coefficient (Wildman–Crippen LogP) is 2.63. The summed E-state index contributed by atoms with van der Waals surface area (Å²) < 4.78 is 0. The second kappa shape index (κ2) is 4.21. The van der Waals surface area contributed by atoms with Gasteiger partial charge in [0, 0.05) is 11.4 Å². The highest BCUT2D eigenvalue weighted by atomic mass is 35.5. The summed E-state index contributed by atoms with van der Waals surface area (Å²) >= 11 is 5.80. The summed E-state index contributed by atoms with van der Waals surface area (Å²) in [6.07, 6.45) is 2.21. The van der Waals surface area contributed by atoms with Gasteiger partial charge in [0.2, 0.25) is 0 Å². The number of hydrogen-bond donors (Lipinski definition) is 2. The van der Waals surface area contributed by atoms with E-state index < -0.39 is 11.7 Å². The third kappa shape index (κ3) is 2.14. The first-order valence-electron chi connectivity index (χ1n) is 5.34. The van der Waals surface area contributed by atoms with Gasteiger partial charge in [-0.25, -0.2) is 0 Å². The molecule has 0 bridgehead atoms. The van der Waals surface area contributed by atoms with E-state index in [0.29, 0.717) is 17.9 Å². The fraction of sp³-hybridized carbons (Fsp3) is 0.385. The molecule has 0 aliphatic heterocycles. The van der Waals surface area contributed by atoms with Gasteiger partial charge in [-0.2, -0.15) is 0 Å². The lowest BCUT2D eigenvalue weighted by atomic mass is 9.79. The molecule has 3 heteroatoms. The van der Waals surface area contributed by atoms with Crippen LogP contribution < -0.4 is 0 Å². The largest absolute Gasteiger partial charge is 0.389 e. The van der Waals surface area contributed by atoms with E-state index in [2.05, 4.69) is 0 Å². The average molecular weight is 239 g/mol. The number of benzene rings is 1. The van der Waals surface area contributed by atoms with Crippen molar-refractivity contribution in [2.75, 3.05) is 0 Å². The third-order valence-corrected chi connectivity index (χ3v) is 3.45. The summed E-state index contributed by atoms with van der Waals surface area (Å²) in [7, 11) is 0. The quantitative estimate of drug-likeness (QED) is 0.739. The molecule has 2 nitrogen and oxygen atoms in total. The van der Waals surface area contributed by atoms with Gasteiger partial charge in [0.25, 0.3) is 0 Å². The summed E-state index contributed by atoms with van der Waals surface area (Å²) in [6.45, 7) is 1.88. The highest BCUT2D eigenvalue weighted by Gasteiger charge is 2.34. The minimum absolute atomic E-state index is 0.344. The summed E-state index contributed by atoms with van der Waals surface area (Å²) in [5, 5.41) is 20.9. The Morgan fingerprint density at radius 2 is 1.94 bits per heavy atom. The van der Waals surface area contributed by atoms with Crippen LogP contribution >= 0.6 is 11.6 Å². The van der Waals surface area contributed by atoms with Gasteiger partial charge in [-0.05, 0) is 36.6 Å². The zero-order chi connectivity index (χ0) is 11.8. The Labute approximate surface area is 100 Å². The van der Waals surface area contributed by atoms with Crippen molar-refractivity contribution in [3.8, 4) is 0 Å². The second-order valence-electron chi connectivity index (χ2n) is 4.41. The summed E-state index contributed by atoms with van der Waals surface area (Å²) in [6, 6.07) is 7.13. The smallest absolute Gasteiger partial charge is 0.0958 e. The average Bonchev–Trinajstić information content (AvgIpc) is 2.25. The van der Waals surface area contributed by atoms with Gasteiger partial charge in [-0.15, -0.1) is 0 Å². The van der Waals surface area contributed by atoms with Crippen molar-refractivity contribution in [3.05, 3.63) is 46.5 Å². The van der Waals surface area contributed by atoms with Crippen molar-refractivity contribution in [1.82, 2.24) is 0 Å². The van der Waals surface area contributed by atoms with Crippen molar-refractivity contribution in [1.29, 1.82) is 0 Å². The maximum absolute atomic E-state index is 10.5. The molecule has 0 saturated heterocycles. The summed E-state index contributed by atoms with van der Waals surface area (Å²) in [4.78, 5) is 0. The highest BCUT2D eigenvalue weighted by molar-refractivity contribution is 6.30. The van der Waals surface area contributed by atoms with Crippen molar-refractivity contribution in [3.63, 3.8) is 0 Å². The van der Waals surface area contributed by atoms with Crippen LogP contribution in [0.1, 0.15) is 25.3 Å². The van der Waals surface area contributed by atoms with Crippen molar-refractivity contribution in [2.45, 2.75) is 31.5 Å². The molecule has 0 spiro atoms. The molecule has 16 heavy (non-hydrogen) atoms. The van der Waals surface area contributed by atoms with Crippen LogP contribution in [0.25, 0.3) is 0 Å². The van der Waals surface area contributed by atoms with Crippen molar-refractivity contribution < 1.29 is 10.2 Å². The number of aliphatic hydroxyl groups is 2. The normalized spacial score (nSPS) is 30.0. The van der Waals surface area contributed by atoms with Crippen LogP contribution in [-0.4, -0.2) is 16.3 Å². The molecular weight excluding hydrogens is 224 g/mol. The summed E-state index contributed by atoms with van der Waals surface area (Å²) in [5.74, 6) is 0. The lowest BCUT2D eigenvalue weighted by Gasteiger charge is -2.34. The van der Waals surface area contributed by atoms with E-state index in [1.807, 2.05) is 25.1 Å². The lowest BCUT2D eigenvalue weighted by Crippen LogP contribution is -2.34. The maximum Gasteiger partial charge on any atom is 0.0958 e. The Balaban J connectivity index is 2.30. The first-order valence-corrected chi connectivity index (χ1v) is 5.72. The Morgan fingerprint density at radius 3 is 2.50 bits per heavy atom.